The lowest BCUT2D eigenvalue weighted by atomic mass is 9.72. The third-order valence-electron chi connectivity index (χ3n) is 4.40. The summed E-state index contributed by atoms with van der Waals surface area (Å²) in [5.41, 5.74) is 1.90. The predicted molar refractivity (Wildman–Crippen MR) is 69.4 cm³/mol. The third-order valence-corrected chi connectivity index (χ3v) is 4.40. The zero-order valence-electron chi connectivity index (χ0n) is 11.0. The molecule has 1 fully saturated rings. The second-order valence-electron chi connectivity index (χ2n) is 5.55. The smallest absolute Gasteiger partial charge is 0.307 e. The molecule has 1 N–H and O–H groups in total. The molecule has 0 radical (unpaired) electrons. The second-order valence-corrected chi connectivity index (χ2v) is 5.55. The summed E-state index contributed by atoms with van der Waals surface area (Å²) in [5, 5.41) is 9.03. The topological polar surface area (TPSA) is 57.6 Å². The van der Waals surface area contributed by atoms with Crippen molar-refractivity contribution in [3.63, 3.8) is 0 Å². The molecule has 1 heterocycles. The van der Waals surface area contributed by atoms with Crippen LogP contribution in [0.2, 0.25) is 0 Å². The normalized spacial score (nSPS) is 24.8. The molecule has 1 aromatic rings. The van der Waals surface area contributed by atoms with Crippen LogP contribution >= 0.6 is 0 Å². The van der Waals surface area contributed by atoms with Crippen LogP contribution in [0.15, 0.2) is 18.2 Å². The van der Waals surface area contributed by atoms with Gasteiger partial charge in [-0.1, -0.05) is 6.07 Å². The van der Waals surface area contributed by atoms with Crippen molar-refractivity contribution in [2.24, 2.45) is 11.8 Å². The molecule has 2 atom stereocenters. The number of rotatable bonds is 2. The highest BCUT2D eigenvalue weighted by molar-refractivity contribution is 5.86. The molecular formula is C15H16FNO3. The van der Waals surface area contributed by atoms with Gasteiger partial charge in [0.25, 0.3) is 0 Å². The van der Waals surface area contributed by atoms with Crippen LogP contribution in [0.4, 0.5) is 4.39 Å². The van der Waals surface area contributed by atoms with Crippen molar-refractivity contribution < 1.29 is 19.1 Å². The van der Waals surface area contributed by atoms with E-state index >= 15 is 0 Å². The molecule has 0 bridgehead atoms. The van der Waals surface area contributed by atoms with E-state index in [4.69, 9.17) is 5.11 Å². The number of carboxylic acid groups (broad SMARTS) is 1. The molecule has 1 aliphatic heterocycles. The summed E-state index contributed by atoms with van der Waals surface area (Å²) in [6, 6.07) is 4.62. The highest BCUT2D eigenvalue weighted by Crippen LogP contribution is 2.36. The molecule has 2 unspecified atom stereocenters. The third kappa shape index (κ3) is 2.17. The first kappa shape index (κ1) is 13.1. The van der Waals surface area contributed by atoms with Crippen LogP contribution in [0, 0.1) is 17.7 Å². The van der Waals surface area contributed by atoms with Gasteiger partial charge in [0.05, 0.1) is 11.8 Å². The molecule has 0 aromatic heterocycles. The first-order chi connectivity index (χ1) is 9.56. The minimum absolute atomic E-state index is 0.0707. The number of hydrogen-bond acceptors (Lipinski definition) is 2. The Balaban J connectivity index is 1.72. The van der Waals surface area contributed by atoms with Crippen molar-refractivity contribution in [3.8, 4) is 0 Å². The van der Waals surface area contributed by atoms with Crippen molar-refractivity contribution in [3.05, 3.63) is 35.1 Å². The standard InChI is InChI=1S/C15H16FNO3/c16-11-2-1-10-8-17(6-5-9(10)7-11)14(18)12-3-4-13(12)15(19)20/h1-2,7,12-13H,3-6,8H2,(H,19,20). The summed E-state index contributed by atoms with van der Waals surface area (Å²) < 4.78 is 13.1. The van der Waals surface area contributed by atoms with E-state index in [0.717, 1.165) is 11.1 Å². The maximum absolute atomic E-state index is 13.1. The summed E-state index contributed by atoms with van der Waals surface area (Å²) in [6.07, 6.45) is 1.87. The van der Waals surface area contributed by atoms with Gasteiger partial charge in [-0.2, -0.15) is 0 Å². The minimum atomic E-state index is -0.880. The van der Waals surface area contributed by atoms with Crippen molar-refractivity contribution in [2.75, 3.05) is 6.54 Å². The Hall–Kier alpha value is -1.91. The predicted octanol–water partition coefficient (Wildman–Crippen LogP) is 1.82. The van der Waals surface area contributed by atoms with Gasteiger partial charge in [0.15, 0.2) is 0 Å². The Morgan fingerprint density at radius 2 is 1.95 bits per heavy atom. The maximum atomic E-state index is 13.1. The van der Waals surface area contributed by atoms with Gasteiger partial charge in [0.1, 0.15) is 5.82 Å². The molecule has 3 rings (SSSR count). The van der Waals surface area contributed by atoms with Crippen molar-refractivity contribution >= 4 is 11.9 Å². The molecular weight excluding hydrogens is 261 g/mol. The Morgan fingerprint density at radius 3 is 2.60 bits per heavy atom. The summed E-state index contributed by atoms with van der Waals surface area (Å²) >= 11 is 0. The molecule has 1 aliphatic carbocycles. The van der Waals surface area contributed by atoms with Crippen molar-refractivity contribution in [1.82, 2.24) is 4.90 Å². The zero-order valence-corrected chi connectivity index (χ0v) is 11.0. The number of carbonyl (C=O) groups is 2. The number of hydrogen-bond donors (Lipinski definition) is 1. The van der Waals surface area contributed by atoms with Crippen LogP contribution in [0.3, 0.4) is 0 Å². The largest absolute Gasteiger partial charge is 0.481 e. The SMILES string of the molecule is O=C(O)C1CCC1C(=O)N1CCc2cc(F)ccc2C1. The van der Waals surface area contributed by atoms with E-state index in [0.29, 0.717) is 32.4 Å². The molecule has 2 aliphatic rings. The summed E-state index contributed by atoms with van der Waals surface area (Å²) in [5.74, 6) is -2.12. The molecule has 1 aromatic carbocycles. The molecule has 5 heteroatoms. The lowest BCUT2D eigenvalue weighted by molar-refractivity contribution is -0.157. The summed E-state index contributed by atoms with van der Waals surface area (Å²) in [6.45, 7) is 0.995. The monoisotopic (exact) mass is 277 g/mol. The van der Waals surface area contributed by atoms with Crippen LogP contribution in [0.25, 0.3) is 0 Å². The number of fused-ring (bicyclic) bond motifs is 1. The number of aliphatic carboxylic acids is 1. The van der Waals surface area contributed by atoms with Gasteiger partial charge in [0, 0.05) is 13.1 Å². The second kappa shape index (κ2) is 4.89. The fraction of sp³-hybridized carbons (Fsp3) is 0.467. The molecule has 1 amide bonds. The van der Waals surface area contributed by atoms with Gasteiger partial charge in [-0.15, -0.1) is 0 Å². The number of nitrogens with zero attached hydrogens (tertiary/aromatic N) is 1. The minimum Gasteiger partial charge on any atom is -0.481 e. The average Bonchev–Trinajstić information content (AvgIpc) is 2.36. The highest BCUT2D eigenvalue weighted by Gasteiger charge is 2.43. The van der Waals surface area contributed by atoms with Crippen LogP contribution in [-0.4, -0.2) is 28.4 Å². The van der Waals surface area contributed by atoms with Gasteiger partial charge in [-0.25, -0.2) is 4.39 Å². The Morgan fingerprint density at radius 1 is 1.20 bits per heavy atom. The molecule has 0 spiro atoms. The average molecular weight is 277 g/mol. The van der Waals surface area contributed by atoms with E-state index in [-0.39, 0.29) is 17.6 Å². The maximum Gasteiger partial charge on any atom is 0.307 e. The molecule has 20 heavy (non-hydrogen) atoms. The Labute approximate surface area is 116 Å². The molecule has 0 saturated heterocycles. The fourth-order valence-corrected chi connectivity index (χ4v) is 3.04. The summed E-state index contributed by atoms with van der Waals surface area (Å²) in [4.78, 5) is 25.1. The van der Waals surface area contributed by atoms with E-state index < -0.39 is 11.9 Å². The van der Waals surface area contributed by atoms with Gasteiger partial charge < -0.3 is 10.0 Å². The number of halogens is 1. The number of benzene rings is 1. The first-order valence-corrected chi connectivity index (χ1v) is 6.85. The van der Waals surface area contributed by atoms with E-state index in [1.807, 2.05) is 0 Å². The van der Waals surface area contributed by atoms with Crippen LogP contribution in [-0.2, 0) is 22.6 Å². The van der Waals surface area contributed by atoms with Gasteiger partial charge in [0.2, 0.25) is 5.91 Å². The van der Waals surface area contributed by atoms with Crippen LogP contribution in [0.1, 0.15) is 24.0 Å². The van der Waals surface area contributed by atoms with E-state index in [1.54, 1.807) is 11.0 Å². The quantitative estimate of drug-likeness (QED) is 0.897. The zero-order chi connectivity index (χ0) is 14.3. The van der Waals surface area contributed by atoms with Gasteiger partial charge in [-0.3, -0.25) is 9.59 Å². The number of carboxylic acids is 1. The van der Waals surface area contributed by atoms with Crippen LogP contribution in [0.5, 0.6) is 0 Å². The lowest BCUT2D eigenvalue weighted by Crippen LogP contribution is -2.47. The molecule has 4 nitrogen and oxygen atoms in total. The Kier molecular flexibility index (Phi) is 3.20. The van der Waals surface area contributed by atoms with E-state index in [9.17, 15) is 14.0 Å². The fourth-order valence-electron chi connectivity index (χ4n) is 3.04. The van der Waals surface area contributed by atoms with Gasteiger partial charge in [-0.05, 0) is 42.5 Å². The Bertz CT molecular complexity index is 572. The van der Waals surface area contributed by atoms with Crippen molar-refractivity contribution in [2.45, 2.75) is 25.8 Å². The lowest BCUT2D eigenvalue weighted by Gasteiger charge is -2.38. The van der Waals surface area contributed by atoms with Crippen molar-refractivity contribution in [1.29, 1.82) is 0 Å². The molecule has 1 saturated carbocycles. The van der Waals surface area contributed by atoms with E-state index in [2.05, 4.69) is 0 Å². The highest BCUT2D eigenvalue weighted by atomic mass is 19.1. The molecule has 106 valence electrons. The van der Waals surface area contributed by atoms with E-state index in [1.165, 1.54) is 12.1 Å². The first-order valence-electron chi connectivity index (χ1n) is 6.85. The van der Waals surface area contributed by atoms with Crippen LogP contribution < -0.4 is 0 Å². The van der Waals surface area contributed by atoms with Gasteiger partial charge >= 0.3 is 5.97 Å². The number of carbonyl (C=O) groups excluding carboxylic acids is 1. The summed E-state index contributed by atoms with van der Waals surface area (Å²) in [7, 11) is 0. The number of amides is 1.